The van der Waals surface area contributed by atoms with Crippen molar-refractivity contribution in [2.24, 2.45) is 5.41 Å². The van der Waals surface area contributed by atoms with Crippen LogP contribution >= 0.6 is 0 Å². The number of hydrogen-bond acceptors (Lipinski definition) is 7. The summed E-state index contributed by atoms with van der Waals surface area (Å²) in [5.74, 6) is -0.645. The summed E-state index contributed by atoms with van der Waals surface area (Å²) in [6, 6.07) is 8.75. The van der Waals surface area contributed by atoms with E-state index in [4.69, 9.17) is 5.41 Å². The Morgan fingerprint density at radius 3 is 2.51 bits per heavy atom. The summed E-state index contributed by atoms with van der Waals surface area (Å²) < 4.78 is 0. The van der Waals surface area contributed by atoms with E-state index in [0.717, 1.165) is 80.3 Å². The zero-order valence-corrected chi connectivity index (χ0v) is 24.6. The van der Waals surface area contributed by atoms with Crippen LogP contribution in [0.4, 0.5) is 5.69 Å². The van der Waals surface area contributed by atoms with E-state index >= 15 is 0 Å². The second kappa shape index (κ2) is 10.3. The third-order valence-corrected chi connectivity index (χ3v) is 10.5. The number of amides is 4. The summed E-state index contributed by atoms with van der Waals surface area (Å²) >= 11 is 0. The van der Waals surface area contributed by atoms with Gasteiger partial charge in [0.15, 0.2) is 0 Å². The molecular formula is C33H38N6O4. The number of imide groups is 1. The molecular weight excluding hydrogens is 544 g/mol. The first-order chi connectivity index (χ1) is 20.7. The van der Waals surface area contributed by atoms with Crippen molar-refractivity contribution in [3.8, 4) is 0 Å². The molecule has 5 aliphatic heterocycles. The number of piperidine rings is 3. The van der Waals surface area contributed by atoms with Crippen LogP contribution in [0.1, 0.15) is 61.4 Å². The van der Waals surface area contributed by atoms with Gasteiger partial charge in [-0.05, 0) is 80.8 Å². The molecule has 0 saturated carbocycles. The van der Waals surface area contributed by atoms with Crippen molar-refractivity contribution in [1.82, 2.24) is 20.4 Å². The lowest BCUT2D eigenvalue weighted by Crippen LogP contribution is -2.54. The number of nitrogens with one attached hydrogen (secondary N) is 3. The lowest BCUT2D eigenvalue weighted by atomic mass is 9.81. The number of hydrogen-bond donors (Lipinski definition) is 3. The molecule has 2 bridgehead atoms. The van der Waals surface area contributed by atoms with E-state index in [2.05, 4.69) is 27.4 Å². The standard InChI is InChI=1S/C33H38N6O4/c1-32(9-15-38(16-10-32)31(43)33-11-13-37(20-33)14-12-33)35-19-21(18-34)17-22-5-6-25-28-23(22)3-2-4-24(28)30(42)39(25)26-7-8-27(40)36-29(26)41/h2-6,18-19,26,34-35H,7-17,20H2,1H3,(H,36,40,41)/b21-19-,34-18?. The molecule has 2 aromatic rings. The molecule has 224 valence electrons. The number of fused-ring (bicyclic) bond motifs is 2. The SMILES string of the molecule is CC1(N/C=C(\C=N)Cc2ccc3c4c(cccc24)C(=O)N3C2CCC(=O)NC2=O)CCN(C(=O)C23CCN(CC2)C3)CC1. The van der Waals surface area contributed by atoms with Crippen LogP contribution in [0.25, 0.3) is 10.8 Å². The summed E-state index contributed by atoms with van der Waals surface area (Å²) in [5.41, 5.74) is 2.70. The number of allylic oxidation sites excluding steroid dienone is 1. The maximum atomic E-state index is 13.5. The molecule has 3 N–H and O–H groups in total. The first-order valence-corrected chi connectivity index (χ1v) is 15.4. The molecule has 0 radical (unpaired) electrons. The monoisotopic (exact) mass is 582 g/mol. The molecule has 1 unspecified atom stereocenters. The van der Waals surface area contributed by atoms with E-state index in [1.54, 1.807) is 6.07 Å². The van der Waals surface area contributed by atoms with Gasteiger partial charge in [-0.1, -0.05) is 18.2 Å². The number of benzene rings is 2. The van der Waals surface area contributed by atoms with Crippen LogP contribution < -0.4 is 15.5 Å². The predicted molar refractivity (Wildman–Crippen MR) is 163 cm³/mol. The smallest absolute Gasteiger partial charge is 0.259 e. The minimum absolute atomic E-state index is 0.155. The summed E-state index contributed by atoms with van der Waals surface area (Å²) in [7, 11) is 0. The van der Waals surface area contributed by atoms with Crippen molar-refractivity contribution < 1.29 is 19.2 Å². The van der Waals surface area contributed by atoms with Crippen LogP contribution in [-0.2, 0) is 20.8 Å². The van der Waals surface area contributed by atoms with E-state index in [-0.39, 0.29) is 29.2 Å². The molecule has 4 amide bonds. The van der Waals surface area contributed by atoms with Crippen molar-refractivity contribution in [2.75, 3.05) is 37.6 Å². The highest BCUT2D eigenvalue weighted by molar-refractivity contribution is 6.27. The molecule has 7 rings (SSSR count). The topological polar surface area (TPSA) is 126 Å². The predicted octanol–water partition coefficient (Wildman–Crippen LogP) is 2.75. The largest absolute Gasteiger partial charge is 0.385 e. The zero-order chi connectivity index (χ0) is 29.9. The first kappa shape index (κ1) is 27.8. The summed E-state index contributed by atoms with van der Waals surface area (Å²) in [6.07, 6.45) is 7.97. The average Bonchev–Trinajstić information content (AvgIpc) is 3.71. The van der Waals surface area contributed by atoms with Crippen molar-refractivity contribution in [1.29, 1.82) is 5.41 Å². The maximum absolute atomic E-state index is 13.5. The lowest BCUT2D eigenvalue weighted by molar-refractivity contribution is -0.142. The van der Waals surface area contributed by atoms with Gasteiger partial charge in [0.25, 0.3) is 5.91 Å². The zero-order valence-electron chi connectivity index (χ0n) is 24.6. The average molecular weight is 583 g/mol. The lowest BCUT2D eigenvalue weighted by Gasteiger charge is -2.42. The molecule has 0 aromatic heterocycles. The van der Waals surface area contributed by atoms with Crippen LogP contribution in [0.2, 0.25) is 0 Å². The van der Waals surface area contributed by atoms with Crippen LogP contribution in [-0.4, -0.2) is 83.9 Å². The van der Waals surface area contributed by atoms with Gasteiger partial charge in [0.1, 0.15) is 6.04 Å². The third-order valence-electron chi connectivity index (χ3n) is 10.5. The number of carbonyl (C=O) groups is 4. The van der Waals surface area contributed by atoms with E-state index in [9.17, 15) is 19.2 Å². The quantitative estimate of drug-likeness (QED) is 0.341. The van der Waals surface area contributed by atoms with Gasteiger partial charge in [0.2, 0.25) is 17.7 Å². The highest BCUT2D eigenvalue weighted by Crippen LogP contribution is 2.43. The molecule has 10 heteroatoms. The van der Waals surface area contributed by atoms with Crippen LogP contribution in [0, 0.1) is 10.8 Å². The van der Waals surface area contributed by atoms with Crippen LogP contribution in [0.5, 0.6) is 0 Å². The Morgan fingerprint density at radius 2 is 1.84 bits per heavy atom. The fourth-order valence-electron chi connectivity index (χ4n) is 7.78. The first-order valence-electron chi connectivity index (χ1n) is 15.4. The summed E-state index contributed by atoms with van der Waals surface area (Å²) in [6.45, 7) is 6.68. The minimum Gasteiger partial charge on any atom is -0.385 e. The highest BCUT2D eigenvalue weighted by Gasteiger charge is 2.51. The Labute approximate surface area is 250 Å². The van der Waals surface area contributed by atoms with E-state index in [0.29, 0.717) is 30.0 Å². The summed E-state index contributed by atoms with van der Waals surface area (Å²) in [5, 5.41) is 15.8. The molecule has 43 heavy (non-hydrogen) atoms. The Bertz CT molecular complexity index is 1580. The molecule has 5 aliphatic rings. The van der Waals surface area contributed by atoms with E-state index in [1.165, 1.54) is 11.1 Å². The number of likely N-dealkylation sites (tertiary alicyclic amines) is 1. The molecule has 5 heterocycles. The van der Waals surface area contributed by atoms with Gasteiger partial charge in [-0.3, -0.25) is 29.4 Å². The fourth-order valence-corrected chi connectivity index (χ4v) is 7.78. The number of anilines is 1. The Balaban J connectivity index is 1.06. The molecule has 0 spiro atoms. The van der Waals surface area contributed by atoms with Gasteiger partial charge in [-0.25, -0.2) is 0 Å². The van der Waals surface area contributed by atoms with E-state index < -0.39 is 11.9 Å². The molecule has 4 saturated heterocycles. The fraction of sp³-hybridized carbons (Fsp3) is 0.485. The second-order valence-corrected chi connectivity index (χ2v) is 13.2. The van der Waals surface area contributed by atoms with Gasteiger partial charge in [-0.2, -0.15) is 0 Å². The Kier molecular flexibility index (Phi) is 6.65. The van der Waals surface area contributed by atoms with Crippen LogP contribution in [0.15, 0.2) is 42.1 Å². The molecule has 2 aromatic carbocycles. The Morgan fingerprint density at radius 1 is 1.07 bits per heavy atom. The third kappa shape index (κ3) is 4.63. The molecule has 10 nitrogen and oxygen atoms in total. The normalized spacial score (nSPS) is 28.0. The van der Waals surface area contributed by atoms with Crippen molar-refractivity contribution in [2.45, 2.75) is 63.5 Å². The summed E-state index contributed by atoms with van der Waals surface area (Å²) in [4.78, 5) is 57.2. The van der Waals surface area contributed by atoms with Crippen molar-refractivity contribution in [3.63, 3.8) is 0 Å². The van der Waals surface area contributed by atoms with Crippen molar-refractivity contribution >= 4 is 46.3 Å². The number of rotatable bonds is 7. The van der Waals surface area contributed by atoms with Gasteiger partial charge in [0, 0.05) is 61.4 Å². The van der Waals surface area contributed by atoms with Gasteiger partial charge < -0.3 is 20.5 Å². The highest BCUT2D eigenvalue weighted by atomic mass is 16.2. The molecule has 0 aliphatic carbocycles. The minimum atomic E-state index is -0.721. The van der Waals surface area contributed by atoms with Crippen molar-refractivity contribution in [3.05, 3.63) is 53.2 Å². The van der Waals surface area contributed by atoms with Gasteiger partial charge in [-0.15, -0.1) is 0 Å². The second-order valence-electron chi connectivity index (χ2n) is 13.2. The van der Waals surface area contributed by atoms with E-state index in [1.807, 2.05) is 30.5 Å². The van der Waals surface area contributed by atoms with Gasteiger partial charge >= 0.3 is 0 Å². The molecule has 4 fully saturated rings. The number of nitrogens with zero attached hydrogens (tertiary/aromatic N) is 3. The Hall–Kier alpha value is -4.05. The van der Waals surface area contributed by atoms with Gasteiger partial charge in [0.05, 0.1) is 11.1 Å². The maximum Gasteiger partial charge on any atom is 0.259 e. The van der Waals surface area contributed by atoms with Crippen LogP contribution in [0.3, 0.4) is 0 Å². The molecule has 1 atom stereocenters. The number of carbonyl (C=O) groups excluding carboxylic acids is 4.